The van der Waals surface area contributed by atoms with E-state index in [2.05, 4.69) is 74.0 Å². The van der Waals surface area contributed by atoms with Crippen molar-refractivity contribution in [1.82, 2.24) is 40.4 Å². The number of carbonyl (C=O) groups excluding carboxylic acids is 2. The van der Waals surface area contributed by atoms with Gasteiger partial charge in [-0.05, 0) is 71.0 Å². The van der Waals surface area contributed by atoms with Crippen molar-refractivity contribution in [2.75, 3.05) is 41.0 Å². The number of amides is 3. The number of benzene rings is 2. The molecule has 4 heterocycles. The van der Waals surface area contributed by atoms with E-state index in [-0.39, 0.29) is 30.1 Å². The molecule has 0 saturated carbocycles. The van der Waals surface area contributed by atoms with Crippen molar-refractivity contribution >= 4 is 18.1 Å². The molecule has 0 bridgehead atoms. The number of nitrogens with one attached hydrogen (secondary N) is 4. The van der Waals surface area contributed by atoms with E-state index in [4.69, 9.17) is 24.2 Å². The second kappa shape index (κ2) is 17.7. The molecule has 2 aliphatic rings. The van der Waals surface area contributed by atoms with Crippen LogP contribution in [0.3, 0.4) is 0 Å². The number of aryl methyl sites for hydroxylation is 2. The Hall–Kier alpha value is -5.25. The number of likely N-dealkylation sites (tertiary alicyclic amines) is 2. The summed E-state index contributed by atoms with van der Waals surface area (Å²) in [6.45, 7) is 9.56. The van der Waals surface area contributed by atoms with Gasteiger partial charge < -0.3 is 44.8 Å². The second-order valence-corrected chi connectivity index (χ2v) is 14.7. The highest BCUT2D eigenvalue weighted by atomic mass is 16.5. The van der Waals surface area contributed by atoms with Crippen molar-refractivity contribution in [3.05, 3.63) is 71.6 Å². The molecule has 0 aliphatic carbocycles. The minimum absolute atomic E-state index is 0.0589. The van der Waals surface area contributed by atoms with E-state index in [9.17, 15) is 19.5 Å². The molecular weight excluding hydrogens is 716 g/mol. The lowest BCUT2D eigenvalue weighted by Gasteiger charge is -2.30. The molecule has 2 aromatic carbocycles. The van der Waals surface area contributed by atoms with E-state index >= 15 is 0 Å². The Morgan fingerprint density at radius 2 is 1.27 bits per heavy atom. The Balaban J connectivity index is 1.14. The number of imidazole rings is 2. The van der Waals surface area contributed by atoms with Crippen LogP contribution in [0.15, 0.2) is 48.5 Å². The normalized spacial score (nSPS) is 19.4. The van der Waals surface area contributed by atoms with Crippen LogP contribution in [0.25, 0.3) is 33.6 Å². The summed E-state index contributed by atoms with van der Waals surface area (Å²) in [6, 6.07) is 15.2. The molecule has 56 heavy (non-hydrogen) atoms. The standard InChI is InChI=1S/C41H54N8O7/c1-23-34(45-37(42-23)32-10-8-20-48(32)22-31(25(3)54-5)44-40(51)52)29-16-12-27(13-17-29)28-14-18-30(19-15-28)35-24(2)43-38(46-35)33-11-9-21-49(33)39(50)36(26(4)55-6)47-41(53)56-7/h12-19,25-26,31-33,36,44H,8-11,20-22H2,1-7H3,(H,42,45)(H,43,46)(H,47,53)(H,51,52)/t25-,26-,31+,32+,33+,36+/m1/s1. The van der Waals surface area contributed by atoms with E-state index in [0.29, 0.717) is 18.9 Å². The molecule has 300 valence electrons. The van der Waals surface area contributed by atoms with E-state index in [0.717, 1.165) is 83.1 Å². The van der Waals surface area contributed by atoms with Crippen molar-refractivity contribution in [3.63, 3.8) is 0 Å². The topological polar surface area (TPSA) is 187 Å². The van der Waals surface area contributed by atoms with Crippen molar-refractivity contribution in [2.24, 2.45) is 0 Å². The molecule has 2 fully saturated rings. The number of methoxy groups -OCH3 is 3. The van der Waals surface area contributed by atoms with Gasteiger partial charge in [-0.3, -0.25) is 9.69 Å². The van der Waals surface area contributed by atoms with Gasteiger partial charge in [-0.15, -0.1) is 0 Å². The summed E-state index contributed by atoms with van der Waals surface area (Å²) in [7, 11) is 4.36. The maximum Gasteiger partial charge on any atom is 0.407 e. The Bertz CT molecular complexity index is 1980. The maximum absolute atomic E-state index is 13.7. The number of ether oxygens (including phenoxy) is 3. The van der Waals surface area contributed by atoms with Crippen LogP contribution in [0.2, 0.25) is 0 Å². The van der Waals surface area contributed by atoms with Gasteiger partial charge in [0.1, 0.15) is 17.7 Å². The predicted molar refractivity (Wildman–Crippen MR) is 211 cm³/mol. The number of carboxylic acid groups (broad SMARTS) is 1. The first-order valence-corrected chi connectivity index (χ1v) is 19.2. The first-order chi connectivity index (χ1) is 26.9. The quantitative estimate of drug-likeness (QED) is 0.102. The first kappa shape index (κ1) is 40.4. The number of rotatable bonds is 14. The van der Waals surface area contributed by atoms with Crippen molar-refractivity contribution in [3.8, 4) is 33.6 Å². The smallest absolute Gasteiger partial charge is 0.407 e. The molecule has 6 atom stereocenters. The Morgan fingerprint density at radius 1 is 0.768 bits per heavy atom. The highest BCUT2D eigenvalue weighted by Gasteiger charge is 2.39. The van der Waals surface area contributed by atoms with Crippen molar-refractivity contribution < 1.29 is 33.7 Å². The van der Waals surface area contributed by atoms with Gasteiger partial charge in [0, 0.05) is 49.8 Å². The number of carbonyl (C=O) groups is 3. The third-order valence-corrected chi connectivity index (χ3v) is 11.2. The minimum Gasteiger partial charge on any atom is -0.465 e. The summed E-state index contributed by atoms with van der Waals surface area (Å²) >= 11 is 0. The Labute approximate surface area is 327 Å². The molecule has 5 N–H and O–H groups in total. The summed E-state index contributed by atoms with van der Waals surface area (Å²) < 4.78 is 15.6. The molecule has 6 rings (SSSR count). The lowest BCUT2D eigenvalue weighted by Crippen LogP contribution is -2.54. The third-order valence-electron chi connectivity index (χ3n) is 11.2. The fourth-order valence-electron chi connectivity index (χ4n) is 7.92. The lowest BCUT2D eigenvalue weighted by atomic mass is 10.0. The number of hydrogen-bond donors (Lipinski definition) is 5. The van der Waals surface area contributed by atoms with Crippen LogP contribution in [-0.4, -0.2) is 118 Å². The van der Waals surface area contributed by atoms with Gasteiger partial charge in [-0.2, -0.15) is 0 Å². The molecule has 2 aromatic heterocycles. The number of hydrogen-bond acceptors (Lipinski definition) is 9. The zero-order chi connectivity index (χ0) is 40.1. The number of H-pyrrole nitrogens is 2. The van der Waals surface area contributed by atoms with Gasteiger partial charge in [0.15, 0.2) is 0 Å². The summed E-state index contributed by atoms with van der Waals surface area (Å²) in [5.41, 5.74) is 7.71. The third kappa shape index (κ3) is 8.74. The van der Waals surface area contributed by atoms with Crippen LogP contribution < -0.4 is 10.6 Å². The Kier molecular flexibility index (Phi) is 12.8. The van der Waals surface area contributed by atoms with Crippen molar-refractivity contribution in [1.29, 1.82) is 0 Å². The average molecular weight is 771 g/mol. The monoisotopic (exact) mass is 770 g/mol. The summed E-state index contributed by atoms with van der Waals surface area (Å²) in [5.74, 6) is 1.36. The fraction of sp³-hybridized carbons (Fsp3) is 0.488. The Morgan fingerprint density at radius 3 is 1.79 bits per heavy atom. The van der Waals surface area contributed by atoms with Gasteiger partial charge in [-0.25, -0.2) is 19.6 Å². The average Bonchev–Trinajstić information content (AvgIpc) is 4.02. The van der Waals surface area contributed by atoms with Crippen LogP contribution in [0.5, 0.6) is 0 Å². The molecule has 2 saturated heterocycles. The highest BCUT2D eigenvalue weighted by molar-refractivity contribution is 5.87. The molecule has 3 amide bonds. The van der Waals surface area contributed by atoms with Gasteiger partial charge in [-0.1, -0.05) is 48.5 Å². The predicted octanol–water partition coefficient (Wildman–Crippen LogP) is 5.98. The molecule has 0 spiro atoms. The van der Waals surface area contributed by atoms with Crippen molar-refractivity contribution in [2.45, 2.75) is 89.8 Å². The molecule has 15 nitrogen and oxygen atoms in total. The summed E-state index contributed by atoms with van der Waals surface area (Å²) in [5, 5.41) is 14.6. The van der Waals surface area contributed by atoms with Gasteiger partial charge >= 0.3 is 12.2 Å². The SMILES string of the molecule is COC(=O)N[C@H](C(=O)N1CCC[C@H]1c1nc(-c2ccc(-c3ccc(-c4nc([C@@H]5CCCN5C[C@H](NC(=O)O)[C@@H](C)OC)[nH]c4C)cc3)cc2)c(C)[nH]1)[C@@H](C)OC. The van der Waals surface area contributed by atoms with Crippen LogP contribution in [0, 0.1) is 13.8 Å². The first-order valence-electron chi connectivity index (χ1n) is 19.2. The van der Waals surface area contributed by atoms with E-state index in [1.54, 1.807) is 18.9 Å². The number of nitrogens with zero attached hydrogens (tertiary/aromatic N) is 4. The van der Waals surface area contributed by atoms with E-state index in [1.165, 1.54) is 14.2 Å². The number of alkyl carbamates (subject to hydrolysis) is 1. The van der Waals surface area contributed by atoms with Gasteiger partial charge in [0.2, 0.25) is 5.91 Å². The highest BCUT2D eigenvalue weighted by Crippen LogP contribution is 2.36. The lowest BCUT2D eigenvalue weighted by molar-refractivity contribution is -0.137. The second-order valence-electron chi connectivity index (χ2n) is 14.7. The summed E-state index contributed by atoms with van der Waals surface area (Å²) in [6.07, 6.45) is 0.928. The van der Waals surface area contributed by atoms with Gasteiger partial charge in [0.05, 0.1) is 48.8 Å². The van der Waals surface area contributed by atoms with Gasteiger partial charge in [0.25, 0.3) is 0 Å². The molecule has 2 aliphatic heterocycles. The van der Waals surface area contributed by atoms with Crippen LogP contribution in [-0.2, 0) is 19.0 Å². The maximum atomic E-state index is 13.7. The molecule has 0 unspecified atom stereocenters. The largest absolute Gasteiger partial charge is 0.465 e. The van der Waals surface area contributed by atoms with Crippen LogP contribution >= 0.6 is 0 Å². The summed E-state index contributed by atoms with van der Waals surface area (Å²) in [4.78, 5) is 58.2. The molecule has 0 radical (unpaired) electrons. The minimum atomic E-state index is -1.06. The zero-order valence-electron chi connectivity index (χ0n) is 33.2. The number of aromatic nitrogens is 4. The molecule has 4 aromatic rings. The molecule has 15 heteroatoms. The zero-order valence-corrected chi connectivity index (χ0v) is 33.2. The van der Waals surface area contributed by atoms with E-state index in [1.807, 2.05) is 20.8 Å². The fourth-order valence-corrected chi connectivity index (χ4v) is 7.92. The van der Waals surface area contributed by atoms with Crippen LogP contribution in [0.1, 0.15) is 74.7 Å². The van der Waals surface area contributed by atoms with E-state index < -0.39 is 24.3 Å². The number of aromatic amines is 2. The molecular formula is C41H54N8O7. The van der Waals surface area contributed by atoms with Crippen LogP contribution in [0.4, 0.5) is 9.59 Å².